The quantitative estimate of drug-likeness (QED) is 0.428. The minimum atomic E-state index is 0.406. The monoisotopic (exact) mass is 346 g/mol. The van der Waals surface area contributed by atoms with Gasteiger partial charge in [0.05, 0.1) is 12.5 Å². The fraction of sp³-hybridized carbons (Fsp3) is 0. The standard InChI is InChI=1S/C19H14N4OS/c25-19-22-21-18(17-7-4-12-24-17)23(19)20-13-14-8-10-16(11-9-14)15-5-2-1-3-6-15/h1-13H,(H,22,25)/b20-13+. The Hall–Kier alpha value is -3.25. The molecule has 0 aliphatic rings. The first-order valence-corrected chi connectivity index (χ1v) is 8.13. The number of nitrogens with one attached hydrogen (secondary N) is 1. The van der Waals surface area contributed by atoms with Crippen LogP contribution in [0.15, 0.2) is 82.5 Å². The summed E-state index contributed by atoms with van der Waals surface area (Å²) < 4.78 is 7.31. The Morgan fingerprint density at radius 3 is 2.44 bits per heavy atom. The molecule has 2 heterocycles. The predicted molar refractivity (Wildman–Crippen MR) is 100.0 cm³/mol. The number of aromatic nitrogens is 3. The SMILES string of the molecule is S=c1[nH]nc(-c2ccco2)n1/N=C/c1ccc(-c2ccccc2)cc1. The van der Waals surface area contributed by atoms with Crippen LogP contribution in [0.25, 0.3) is 22.7 Å². The number of hydrogen-bond acceptors (Lipinski definition) is 4. The Kier molecular flexibility index (Phi) is 4.10. The lowest BCUT2D eigenvalue weighted by Gasteiger charge is -2.02. The zero-order valence-electron chi connectivity index (χ0n) is 13.2. The number of benzene rings is 2. The highest BCUT2D eigenvalue weighted by Crippen LogP contribution is 2.19. The molecule has 0 amide bonds. The molecular formula is C19H14N4OS. The maximum absolute atomic E-state index is 5.37. The summed E-state index contributed by atoms with van der Waals surface area (Å²) in [5.74, 6) is 1.14. The first-order chi connectivity index (χ1) is 12.3. The van der Waals surface area contributed by atoms with Gasteiger partial charge in [-0.25, -0.2) is 5.10 Å². The molecule has 1 N–H and O–H groups in total. The molecule has 6 heteroatoms. The van der Waals surface area contributed by atoms with E-state index in [1.54, 1.807) is 23.2 Å². The summed E-state index contributed by atoms with van der Waals surface area (Å²) in [5, 5.41) is 11.3. The van der Waals surface area contributed by atoms with Crippen molar-refractivity contribution in [2.24, 2.45) is 5.10 Å². The van der Waals surface area contributed by atoms with Crippen LogP contribution in [0.3, 0.4) is 0 Å². The zero-order chi connectivity index (χ0) is 17.1. The van der Waals surface area contributed by atoms with Crippen LogP contribution >= 0.6 is 12.2 Å². The molecule has 0 bridgehead atoms. The maximum Gasteiger partial charge on any atom is 0.219 e. The molecule has 0 saturated carbocycles. The van der Waals surface area contributed by atoms with Crippen molar-refractivity contribution in [1.82, 2.24) is 14.9 Å². The summed E-state index contributed by atoms with van der Waals surface area (Å²) in [6.07, 6.45) is 3.33. The van der Waals surface area contributed by atoms with Gasteiger partial charge in [0.2, 0.25) is 10.6 Å². The third kappa shape index (κ3) is 3.20. The van der Waals surface area contributed by atoms with Crippen LogP contribution in [0.2, 0.25) is 0 Å². The molecule has 0 atom stereocenters. The molecule has 25 heavy (non-hydrogen) atoms. The summed E-state index contributed by atoms with van der Waals surface area (Å²) in [7, 11) is 0. The van der Waals surface area contributed by atoms with Crippen LogP contribution in [0.1, 0.15) is 5.56 Å². The van der Waals surface area contributed by atoms with Crippen molar-refractivity contribution < 1.29 is 4.42 Å². The van der Waals surface area contributed by atoms with Gasteiger partial charge in [-0.1, -0.05) is 54.6 Å². The summed E-state index contributed by atoms with van der Waals surface area (Å²) in [4.78, 5) is 0. The predicted octanol–water partition coefficient (Wildman–Crippen LogP) is 4.75. The molecule has 0 radical (unpaired) electrons. The molecule has 0 spiro atoms. The van der Waals surface area contributed by atoms with E-state index in [9.17, 15) is 0 Å². The highest BCUT2D eigenvalue weighted by Gasteiger charge is 2.10. The molecule has 2 aromatic carbocycles. The van der Waals surface area contributed by atoms with Crippen LogP contribution in [-0.4, -0.2) is 21.1 Å². The van der Waals surface area contributed by atoms with Gasteiger partial charge in [-0.2, -0.15) is 9.78 Å². The van der Waals surface area contributed by atoms with Gasteiger partial charge in [-0.15, -0.1) is 5.10 Å². The van der Waals surface area contributed by atoms with Gasteiger partial charge in [-0.05, 0) is 41.0 Å². The van der Waals surface area contributed by atoms with Crippen molar-refractivity contribution in [3.63, 3.8) is 0 Å². The fourth-order valence-corrected chi connectivity index (χ4v) is 2.66. The first kappa shape index (κ1) is 15.3. The van der Waals surface area contributed by atoms with Crippen molar-refractivity contribution in [2.45, 2.75) is 0 Å². The Labute approximate surface area is 149 Å². The maximum atomic E-state index is 5.37. The Balaban J connectivity index is 1.61. The number of rotatable bonds is 4. The second-order valence-electron chi connectivity index (χ2n) is 5.37. The van der Waals surface area contributed by atoms with Gasteiger partial charge in [0.15, 0.2) is 5.76 Å². The van der Waals surface area contributed by atoms with Gasteiger partial charge in [0, 0.05) is 0 Å². The van der Waals surface area contributed by atoms with E-state index in [4.69, 9.17) is 16.6 Å². The molecule has 0 fully saturated rings. The minimum absolute atomic E-state index is 0.406. The molecule has 122 valence electrons. The van der Waals surface area contributed by atoms with Crippen LogP contribution < -0.4 is 0 Å². The van der Waals surface area contributed by atoms with Crippen molar-refractivity contribution in [3.05, 3.63) is 83.3 Å². The van der Waals surface area contributed by atoms with Crippen molar-refractivity contribution in [3.8, 4) is 22.7 Å². The van der Waals surface area contributed by atoms with E-state index in [-0.39, 0.29) is 0 Å². The number of aromatic amines is 1. The van der Waals surface area contributed by atoms with E-state index in [0.717, 1.165) is 11.1 Å². The second kappa shape index (κ2) is 6.70. The number of furan rings is 1. The number of H-pyrrole nitrogens is 1. The molecule has 0 aliphatic carbocycles. The number of nitrogens with zero attached hydrogens (tertiary/aromatic N) is 3. The highest BCUT2D eigenvalue weighted by atomic mass is 32.1. The first-order valence-electron chi connectivity index (χ1n) is 7.72. The largest absolute Gasteiger partial charge is 0.461 e. The van der Waals surface area contributed by atoms with E-state index in [1.807, 2.05) is 36.4 Å². The molecule has 0 unspecified atom stereocenters. The van der Waals surface area contributed by atoms with Crippen LogP contribution in [0.5, 0.6) is 0 Å². The van der Waals surface area contributed by atoms with Crippen molar-refractivity contribution >= 4 is 18.4 Å². The summed E-state index contributed by atoms with van der Waals surface area (Å²) in [6.45, 7) is 0. The molecule has 2 aromatic heterocycles. The molecule has 5 nitrogen and oxygen atoms in total. The lowest BCUT2D eigenvalue weighted by Crippen LogP contribution is -1.94. The highest BCUT2D eigenvalue weighted by molar-refractivity contribution is 7.71. The summed E-state index contributed by atoms with van der Waals surface area (Å²) in [6, 6.07) is 22.0. The summed E-state index contributed by atoms with van der Waals surface area (Å²) in [5.41, 5.74) is 3.31. The lowest BCUT2D eigenvalue weighted by atomic mass is 10.0. The zero-order valence-corrected chi connectivity index (χ0v) is 14.0. The van der Waals surface area contributed by atoms with E-state index in [1.165, 1.54) is 5.56 Å². The normalized spacial score (nSPS) is 11.2. The molecule has 0 aliphatic heterocycles. The molecule has 0 saturated heterocycles. The average molecular weight is 346 g/mol. The molecule has 4 aromatic rings. The lowest BCUT2D eigenvalue weighted by molar-refractivity contribution is 0.573. The Morgan fingerprint density at radius 2 is 1.72 bits per heavy atom. The van der Waals surface area contributed by atoms with E-state index < -0.39 is 0 Å². The minimum Gasteiger partial charge on any atom is -0.461 e. The van der Waals surface area contributed by atoms with E-state index >= 15 is 0 Å². The van der Waals surface area contributed by atoms with Gasteiger partial charge in [0.1, 0.15) is 0 Å². The fourth-order valence-electron chi connectivity index (χ4n) is 2.48. The molecule has 4 rings (SSSR count). The van der Waals surface area contributed by atoms with Crippen molar-refractivity contribution in [2.75, 3.05) is 0 Å². The average Bonchev–Trinajstić information content (AvgIpc) is 3.31. The van der Waals surface area contributed by atoms with E-state index in [0.29, 0.717) is 16.4 Å². The topological polar surface area (TPSA) is 59.1 Å². The van der Waals surface area contributed by atoms with Gasteiger partial charge < -0.3 is 4.42 Å². The van der Waals surface area contributed by atoms with Crippen molar-refractivity contribution in [1.29, 1.82) is 0 Å². The van der Waals surface area contributed by atoms with Gasteiger partial charge in [-0.3, -0.25) is 0 Å². The van der Waals surface area contributed by atoms with Gasteiger partial charge >= 0.3 is 0 Å². The third-order valence-corrected chi connectivity index (χ3v) is 4.00. The molecular weight excluding hydrogens is 332 g/mol. The smallest absolute Gasteiger partial charge is 0.219 e. The van der Waals surface area contributed by atoms with E-state index in [2.05, 4.69) is 39.6 Å². The number of hydrogen-bond donors (Lipinski definition) is 1. The van der Waals surface area contributed by atoms with Crippen LogP contribution in [0, 0.1) is 4.77 Å². The Bertz CT molecular complexity index is 1050. The summed E-state index contributed by atoms with van der Waals surface area (Å²) >= 11 is 5.24. The second-order valence-corrected chi connectivity index (χ2v) is 5.76. The third-order valence-electron chi connectivity index (χ3n) is 3.73. The van der Waals surface area contributed by atoms with Gasteiger partial charge in [0.25, 0.3) is 0 Å². The Morgan fingerprint density at radius 1 is 0.960 bits per heavy atom. The van der Waals surface area contributed by atoms with Crippen LogP contribution in [0.4, 0.5) is 0 Å². The van der Waals surface area contributed by atoms with Crippen LogP contribution in [-0.2, 0) is 0 Å².